The maximum absolute atomic E-state index is 12.1. The minimum Gasteiger partial charge on any atom is -0.487 e. The predicted octanol–water partition coefficient (Wildman–Crippen LogP) is 5.84. The van der Waals surface area contributed by atoms with Crippen LogP contribution in [0.25, 0.3) is 38.7 Å². The van der Waals surface area contributed by atoms with E-state index in [1.165, 1.54) is 19.3 Å². The smallest absolute Gasteiger partial charge is 0.162 e. The molecule has 1 aliphatic heterocycles. The molecule has 1 aliphatic rings. The first-order chi connectivity index (χ1) is 18.9. The summed E-state index contributed by atoms with van der Waals surface area (Å²) < 4.78 is 20.2. The van der Waals surface area contributed by atoms with E-state index in [1.54, 1.807) is 4.52 Å². The van der Waals surface area contributed by atoms with E-state index < -0.39 is 11.0 Å². The first-order valence-corrected chi connectivity index (χ1v) is 14.6. The third kappa shape index (κ3) is 5.32. The summed E-state index contributed by atoms with van der Waals surface area (Å²) in [7, 11) is -1.57. The molecule has 0 bridgehead atoms. The van der Waals surface area contributed by atoms with E-state index in [4.69, 9.17) is 14.9 Å². The first kappa shape index (κ1) is 25.7. The normalized spacial score (nSPS) is 15.6. The van der Waals surface area contributed by atoms with Gasteiger partial charge in [-0.3, -0.25) is 4.90 Å². The molecule has 3 heterocycles. The highest BCUT2D eigenvalue weighted by atomic mass is 32.2. The molecule has 2 N–H and O–H groups in total. The standard InChI is InChI=1S/C31H33N5O2S/c1-31(2,21-35-16-6-3-7-17-35)38-24-12-10-22(11-13-24)23-18-33-30-28(19-34-36(30)20-23)26-14-15-29(39(32)37)27-9-5-4-8-25(26)27/h4-5,8-15,18-20H,3,6-7,16-17,21,32H2,1-2H3. The number of benzene rings is 3. The van der Waals surface area contributed by atoms with Gasteiger partial charge in [-0.2, -0.15) is 5.10 Å². The van der Waals surface area contributed by atoms with Gasteiger partial charge in [-0.1, -0.05) is 48.9 Å². The van der Waals surface area contributed by atoms with Crippen molar-refractivity contribution >= 4 is 27.4 Å². The second-order valence-corrected chi connectivity index (χ2v) is 11.9. The van der Waals surface area contributed by atoms with Crippen molar-refractivity contribution in [1.82, 2.24) is 19.5 Å². The maximum Gasteiger partial charge on any atom is 0.162 e. The Labute approximate surface area is 231 Å². The van der Waals surface area contributed by atoms with Crippen LogP contribution >= 0.6 is 0 Å². The minimum atomic E-state index is -1.57. The summed E-state index contributed by atoms with van der Waals surface area (Å²) in [5.74, 6) is 0.866. The summed E-state index contributed by atoms with van der Waals surface area (Å²) in [5.41, 5.74) is 4.39. The van der Waals surface area contributed by atoms with Gasteiger partial charge in [-0.25, -0.2) is 18.8 Å². The van der Waals surface area contributed by atoms with Gasteiger partial charge >= 0.3 is 0 Å². The van der Waals surface area contributed by atoms with Crippen molar-refractivity contribution in [2.24, 2.45) is 5.14 Å². The van der Waals surface area contributed by atoms with Crippen LogP contribution in [-0.2, 0) is 11.0 Å². The monoisotopic (exact) mass is 539 g/mol. The summed E-state index contributed by atoms with van der Waals surface area (Å²) in [6.07, 6.45) is 9.59. The van der Waals surface area contributed by atoms with Gasteiger partial charge in [0.2, 0.25) is 0 Å². The SMILES string of the molecule is CC(C)(CN1CCCCC1)Oc1ccc(-c2cnc3c(-c4ccc(S(N)=O)c5ccccc45)cnn3c2)cc1. The lowest BCUT2D eigenvalue weighted by Gasteiger charge is -2.35. The fourth-order valence-corrected chi connectivity index (χ4v) is 6.22. The third-order valence-corrected chi connectivity index (χ3v) is 8.17. The molecule has 200 valence electrons. The number of hydrogen-bond donors (Lipinski definition) is 1. The number of nitrogens with zero attached hydrogens (tertiary/aromatic N) is 4. The van der Waals surface area contributed by atoms with E-state index in [0.717, 1.165) is 64.1 Å². The van der Waals surface area contributed by atoms with Crippen molar-refractivity contribution in [1.29, 1.82) is 0 Å². The van der Waals surface area contributed by atoms with E-state index in [0.29, 0.717) is 4.90 Å². The highest BCUT2D eigenvalue weighted by molar-refractivity contribution is 7.83. The Morgan fingerprint density at radius 1 is 0.897 bits per heavy atom. The van der Waals surface area contributed by atoms with Gasteiger partial charge in [0, 0.05) is 30.1 Å². The number of nitrogens with two attached hydrogens (primary N) is 1. The molecule has 0 saturated carbocycles. The van der Waals surface area contributed by atoms with Crippen LogP contribution in [0.2, 0.25) is 0 Å². The van der Waals surface area contributed by atoms with Crippen LogP contribution in [0.15, 0.2) is 84.1 Å². The molecular formula is C31H33N5O2S. The summed E-state index contributed by atoms with van der Waals surface area (Å²) in [4.78, 5) is 7.91. The van der Waals surface area contributed by atoms with Gasteiger partial charge in [0.05, 0.1) is 11.1 Å². The number of fused-ring (bicyclic) bond motifs is 2. The van der Waals surface area contributed by atoms with E-state index >= 15 is 0 Å². The van der Waals surface area contributed by atoms with Crippen molar-refractivity contribution in [2.75, 3.05) is 19.6 Å². The Hall–Kier alpha value is -3.59. The van der Waals surface area contributed by atoms with Gasteiger partial charge in [0.15, 0.2) is 5.65 Å². The van der Waals surface area contributed by atoms with Crippen molar-refractivity contribution < 1.29 is 8.95 Å². The average molecular weight is 540 g/mol. The molecule has 0 amide bonds. The molecule has 3 aromatic carbocycles. The predicted molar refractivity (Wildman–Crippen MR) is 157 cm³/mol. The van der Waals surface area contributed by atoms with Gasteiger partial charge in [0.1, 0.15) is 22.3 Å². The molecule has 2 aromatic heterocycles. The quantitative estimate of drug-likeness (QED) is 0.281. The van der Waals surface area contributed by atoms with Gasteiger partial charge in [-0.15, -0.1) is 0 Å². The molecular weight excluding hydrogens is 506 g/mol. The van der Waals surface area contributed by atoms with Crippen molar-refractivity contribution in [3.63, 3.8) is 0 Å². The second kappa shape index (κ2) is 10.5. The lowest BCUT2D eigenvalue weighted by Crippen LogP contribution is -2.44. The highest BCUT2D eigenvalue weighted by Gasteiger charge is 2.25. The third-order valence-electron chi connectivity index (χ3n) is 7.38. The molecule has 7 nitrogen and oxygen atoms in total. The molecule has 1 saturated heterocycles. The van der Waals surface area contributed by atoms with Crippen LogP contribution in [-0.4, -0.2) is 48.9 Å². The molecule has 0 radical (unpaired) electrons. The van der Waals surface area contributed by atoms with E-state index in [2.05, 4.69) is 36.0 Å². The lowest BCUT2D eigenvalue weighted by atomic mass is 10.00. The Kier molecular flexibility index (Phi) is 6.93. The van der Waals surface area contributed by atoms with Gasteiger partial charge in [-0.05, 0) is 79.9 Å². The van der Waals surface area contributed by atoms with E-state index in [-0.39, 0.29) is 5.60 Å². The number of hydrogen-bond acceptors (Lipinski definition) is 5. The van der Waals surface area contributed by atoms with Crippen LogP contribution in [0, 0.1) is 0 Å². The zero-order chi connectivity index (χ0) is 27.0. The number of aromatic nitrogens is 3. The van der Waals surface area contributed by atoms with Crippen molar-refractivity contribution in [3.05, 3.63) is 79.3 Å². The molecule has 0 aliphatic carbocycles. The fraction of sp³-hybridized carbons (Fsp3) is 0.290. The first-order valence-electron chi connectivity index (χ1n) is 13.4. The van der Waals surface area contributed by atoms with Crippen LogP contribution in [0.1, 0.15) is 33.1 Å². The molecule has 8 heteroatoms. The van der Waals surface area contributed by atoms with Crippen LogP contribution in [0.3, 0.4) is 0 Å². The number of rotatable bonds is 7. The largest absolute Gasteiger partial charge is 0.487 e. The minimum absolute atomic E-state index is 0.258. The number of piperidine rings is 1. The zero-order valence-electron chi connectivity index (χ0n) is 22.3. The topological polar surface area (TPSA) is 85.7 Å². The number of likely N-dealkylation sites (tertiary alicyclic amines) is 1. The fourth-order valence-electron chi connectivity index (χ4n) is 5.62. The van der Waals surface area contributed by atoms with E-state index in [9.17, 15) is 4.21 Å². The van der Waals surface area contributed by atoms with Crippen molar-refractivity contribution in [2.45, 2.75) is 43.6 Å². The Morgan fingerprint density at radius 2 is 1.64 bits per heavy atom. The molecule has 39 heavy (non-hydrogen) atoms. The Bertz CT molecular complexity index is 1660. The molecule has 1 unspecified atom stereocenters. The second-order valence-electron chi connectivity index (χ2n) is 10.8. The highest BCUT2D eigenvalue weighted by Crippen LogP contribution is 2.34. The summed E-state index contributed by atoms with van der Waals surface area (Å²) in [6.45, 7) is 7.57. The van der Waals surface area contributed by atoms with Crippen molar-refractivity contribution in [3.8, 4) is 28.0 Å². The average Bonchev–Trinajstić information content (AvgIpc) is 3.36. The zero-order valence-corrected chi connectivity index (χ0v) is 23.2. The summed E-state index contributed by atoms with van der Waals surface area (Å²) in [6, 6.07) is 19.8. The molecule has 0 spiro atoms. The molecule has 1 atom stereocenters. The summed E-state index contributed by atoms with van der Waals surface area (Å²) >= 11 is 0. The van der Waals surface area contributed by atoms with Crippen LogP contribution < -0.4 is 9.88 Å². The van der Waals surface area contributed by atoms with E-state index in [1.807, 2.05) is 67.1 Å². The number of ether oxygens (including phenoxy) is 1. The summed E-state index contributed by atoms with van der Waals surface area (Å²) in [5, 5.41) is 12.2. The Morgan fingerprint density at radius 3 is 2.38 bits per heavy atom. The molecule has 5 aromatic rings. The molecule has 1 fully saturated rings. The van der Waals surface area contributed by atoms with Gasteiger partial charge < -0.3 is 4.74 Å². The van der Waals surface area contributed by atoms with Crippen LogP contribution in [0.5, 0.6) is 5.75 Å². The van der Waals surface area contributed by atoms with Crippen LogP contribution in [0.4, 0.5) is 0 Å². The lowest BCUT2D eigenvalue weighted by molar-refractivity contribution is 0.0520. The Balaban J connectivity index is 1.25. The maximum atomic E-state index is 12.1. The molecule has 6 rings (SSSR count). The van der Waals surface area contributed by atoms with Gasteiger partial charge in [0.25, 0.3) is 0 Å².